The molecule has 158 valence electrons. The van der Waals surface area contributed by atoms with Gasteiger partial charge in [0.2, 0.25) is 10.0 Å². The number of furan rings is 1. The van der Waals surface area contributed by atoms with Gasteiger partial charge >= 0.3 is 0 Å². The minimum Gasteiger partial charge on any atom is -0.450 e. The maximum atomic E-state index is 13.2. The number of sulfonamides is 1. The number of hydrogen-bond acceptors (Lipinski definition) is 6. The van der Waals surface area contributed by atoms with E-state index in [-0.39, 0.29) is 0 Å². The summed E-state index contributed by atoms with van der Waals surface area (Å²) < 4.78 is 34.1. The number of benzene rings is 2. The molecule has 0 spiro atoms. The first kappa shape index (κ1) is 18.8. The van der Waals surface area contributed by atoms with Crippen molar-refractivity contribution >= 4 is 37.9 Å². The first-order valence-corrected chi connectivity index (χ1v) is 12.0. The Balaban J connectivity index is 1.26. The van der Waals surface area contributed by atoms with Crippen LogP contribution in [0.5, 0.6) is 0 Å². The highest BCUT2D eigenvalue weighted by atomic mass is 32.2. The van der Waals surface area contributed by atoms with Crippen LogP contribution in [0.25, 0.3) is 22.1 Å². The number of piperazine rings is 1. The summed E-state index contributed by atoms with van der Waals surface area (Å²) >= 11 is 0. The Kier molecular flexibility index (Phi) is 4.26. The van der Waals surface area contributed by atoms with Crippen LogP contribution < -0.4 is 4.90 Å². The van der Waals surface area contributed by atoms with E-state index in [9.17, 15) is 8.42 Å². The highest BCUT2D eigenvalue weighted by Crippen LogP contribution is 2.33. The van der Waals surface area contributed by atoms with Gasteiger partial charge in [-0.05, 0) is 54.7 Å². The lowest BCUT2D eigenvalue weighted by Crippen LogP contribution is -2.49. The lowest BCUT2D eigenvalue weighted by Gasteiger charge is -2.34. The number of aromatic nitrogens is 2. The van der Waals surface area contributed by atoms with Gasteiger partial charge < -0.3 is 9.32 Å². The Labute approximate surface area is 180 Å². The van der Waals surface area contributed by atoms with Crippen molar-refractivity contribution in [1.29, 1.82) is 0 Å². The Morgan fingerprint density at radius 1 is 0.903 bits per heavy atom. The number of hydrogen-bond donors (Lipinski definition) is 0. The summed E-state index contributed by atoms with van der Waals surface area (Å²) in [7, 11) is -3.50. The van der Waals surface area contributed by atoms with E-state index in [0.717, 1.165) is 41.6 Å². The molecule has 7 nitrogen and oxygen atoms in total. The fourth-order valence-electron chi connectivity index (χ4n) is 4.73. The molecule has 1 aliphatic heterocycles. The van der Waals surface area contributed by atoms with Gasteiger partial charge in [-0.1, -0.05) is 18.2 Å². The van der Waals surface area contributed by atoms with Crippen molar-refractivity contribution in [3.05, 3.63) is 59.9 Å². The minimum atomic E-state index is -3.50. The van der Waals surface area contributed by atoms with Gasteiger partial charge in [-0.2, -0.15) is 4.31 Å². The van der Waals surface area contributed by atoms with E-state index in [2.05, 4.69) is 14.9 Å². The third-order valence-electron chi connectivity index (χ3n) is 6.39. The van der Waals surface area contributed by atoms with Crippen LogP contribution in [0, 0.1) is 0 Å². The number of anilines is 1. The Hall–Kier alpha value is -2.97. The van der Waals surface area contributed by atoms with Crippen LogP contribution in [0.3, 0.4) is 0 Å². The molecule has 8 heteroatoms. The monoisotopic (exact) mass is 434 g/mol. The summed E-state index contributed by atoms with van der Waals surface area (Å²) in [5, 5.41) is 0.957. The summed E-state index contributed by atoms with van der Waals surface area (Å²) in [5.74, 6) is 0.718. The maximum Gasteiger partial charge on any atom is 0.243 e. The van der Waals surface area contributed by atoms with Crippen LogP contribution in [-0.2, 0) is 22.9 Å². The van der Waals surface area contributed by atoms with Crippen LogP contribution in [0.1, 0.15) is 17.5 Å². The summed E-state index contributed by atoms with van der Waals surface area (Å²) in [6.45, 7) is 1.91. The molecule has 0 unspecified atom stereocenters. The summed E-state index contributed by atoms with van der Waals surface area (Å²) in [4.78, 5) is 11.4. The van der Waals surface area contributed by atoms with Gasteiger partial charge in [0.05, 0.1) is 4.90 Å². The Bertz CT molecular complexity index is 1410. The van der Waals surface area contributed by atoms with Crippen LogP contribution >= 0.6 is 0 Å². The second kappa shape index (κ2) is 7.03. The van der Waals surface area contributed by atoms with Gasteiger partial charge in [-0.15, -0.1) is 0 Å². The molecule has 1 aliphatic carbocycles. The molecule has 0 radical (unpaired) electrons. The summed E-state index contributed by atoms with van der Waals surface area (Å²) in [6, 6.07) is 13.4. The average Bonchev–Trinajstić information content (AvgIpc) is 3.43. The number of fused-ring (bicyclic) bond motifs is 4. The quantitative estimate of drug-likeness (QED) is 0.492. The molecule has 0 amide bonds. The zero-order valence-corrected chi connectivity index (χ0v) is 17.8. The number of para-hydroxylation sites is 1. The van der Waals surface area contributed by atoms with Gasteiger partial charge in [0.1, 0.15) is 17.4 Å². The fourth-order valence-corrected chi connectivity index (χ4v) is 6.21. The van der Waals surface area contributed by atoms with Crippen molar-refractivity contribution < 1.29 is 12.8 Å². The lowest BCUT2D eigenvalue weighted by molar-refractivity contribution is 0.383. The van der Waals surface area contributed by atoms with Crippen LogP contribution in [-0.4, -0.2) is 48.9 Å². The number of rotatable bonds is 3. The molecule has 2 aliphatic rings. The largest absolute Gasteiger partial charge is 0.450 e. The van der Waals surface area contributed by atoms with Gasteiger partial charge in [-0.25, -0.2) is 18.4 Å². The van der Waals surface area contributed by atoms with Crippen molar-refractivity contribution in [3.63, 3.8) is 0 Å². The van der Waals surface area contributed by atoms with E-state index in [4.69, 9.17) is 4.42 Å². The maximum absolute atomic E-state index is 13.2. The molecule has 2 aromatic carbocycles. The third-order valence-corrected chi connectivity index (χ3v) is 8.28. The number of aryl methyl sites for hydroxylation is 2. The molecule has 0 saturated carbocycles. The number of nitrogens with zero attached hydrogens (tertiary/aromatic N) is 4. The highest BCUT2D eigenvalue weighted by Gasteiger charge is 2.31. The molecule has 31 heavy (non-hydrogen) atoms. The standard InChI is InChI=1S/C23H22N4O3S/c28-31(29,18-9-8-16-4-3-5-17(16)14-18)27-12-10-26(11-13-27)23-22-21(24-15-25-23)19-6-1-2-7-20(19)30-22/h1-2,6-9,14-15H,3-5,10-13H2. The first-order chi connectivity index (χ1) is 15.1. The summed E-state index contributed by atoms with van der Waals surface area (Å²) in [5.41, 5.74) is 4.67. The molecular weight excluding hydrogens is 412 g/mol. The molecule has 1 fully saturated rings. The molecule has 6 rings (SSSR count). The van der Waals surface area contributed by atoms with E-state index < -0.39 is 10.0 Å². The Morgan fingerprint density at radius 2 is 1.71 bits per heavy atom. The fraction of sp³-hybridized carbons (Fsp3) is 0.304. The van der Waals surface area contributed by atoms with E-state index in [1.165, 1.54) is 11.1 Å². The average molecular weight is 435 g/mol. The van der Waals surface area contributed by atoms with E-state index in [1.54, 1.807) is 16.7 Å². The molecular formula is C23H22N4O3S. The molecule has 0 N–H and O–H groups in total. The smallest absolute Gasteiger partial charge is 0.243 e. The molecule has 4 aromatic rings. The van der Waals surface area contributed by atoms with Crippen molar-refractivity contribution in [2.45, 2.75) is 24.2 Å². The second-order valence-corrected chi connectivity index (χ2v) is 10.1. The van der Waals surface area contributed by atoms with Crippen LogP contribution in [0.4, 0.5) is 5.82 Å². The second-order valence-electron chi connectivity index (χ2n) is 8.15. The SMILES string of the molecule is O=S(=O)(c1ccc2c(c1)CCC2)N1CCN(c2ncnc3c2oc2ccccc23)CC1. The first-order valence-electron chi connectivity index (χ1n) is 10.6. The zero-order valence-electron chi connectivity index (χ0n) is 17.0. The molecule has 3 heterocycles. The van der Waals surface area contributed by atoms with Crippen molar-refractivity contribution in [2.24, 2.45) is 0 Å². The predicted octanol–water partition coefficient (Wildman–Crippen LogP) is 3.38. The van der Waals surface area contributed by atoms with Crippen molar-refractivity contribution in [2.75, 3.05) is 31.1 Å². The van der Waals surface area contributed by atoms with Crippen LogP contribution in [0.2, 0.25) is 0 Å². The van der Waals surface area contributed by atoms with Gasteiger partial charge in [0.25, 0.3) is 0 Å². The molecule has 0 atom stereocenters. The van der Waals surface area contributed by atoms with Crippen molar-refractivity contribution in [1.82, 2.24) is 14.3 Å². The summed E-state index contributed by atoms with van der Waals surface area (Å²) in [6.07, 6.45) is 4.66. The van der Waals surface area contributed by atoms with E-state index in [0.29, 0.717) is 36.7 Å². The lowest BCUT2D eigenvalue weighted by atomic mass is 10.1. The predicted molar refractivity (Wildman–Crippen MR) is 119 cm³/mol. The Morgan fingerprint density at radius 3 is 2.58 bits per heavy atom. The van der Waals surface area contributed by atoms with E-state index >= 15 is 0 Å². The van der Waals surface area contributed by atoms with Gasteiger partial charge in [0, 0.05) is 31.6 Å². The van der Waals surface area contributed by atoms with Gasteiger partial charge in [-0.3, -0.25) is 0 Å². The third kappa shape index (κ3) is 3.01. The topological polar surface area (TPSA) is 79.5 Å². The highest BCUT2D eigenvalue weighted by molar-refractivity contribution is 7.89. The van der Waals surface area contributed by atoms with Crippen LogP contribution in [0.15, 0.2) is 58.1 Å². The van der Waals surface area contributed by atoms with E-state index in [1.807, 2.05) is 36.4 Å². The molecule has 2 aromatic heterocycles. The zero-order chi connectivity index (χ0) is 21.0. The van der Waals surface area contributed by atoms with Crippen molar-refractivity contribution in [3.8, 4) is 0 Å². The minimum absolute atomic E-state index is 0.406. The molecule has 1 saturated heterocycles. The normalized spacial score (nSPS) is 17.5. The molecule has 0 bridgehead atoms. The van der Waals surface area contributed by atoms with Gasteiger partial charge in [0.15, 0.2) is 11.4 Å².